The van der Waals surface area contributed by atoms with Gasteiger partial charge in [0.05, 0.1) is 13.2 Å². The zero-order valence-electron chi connectivity index (χ0n) is 10.1. The zero-order valence-corrected chi connectivity index (χ0v) is 10.1. The molecule has 0 radical (unpaired) electrons. The molecule has 2 rings (SSSR count). The van der Waals surface area contributed by atoms with E-state index in [0.717, 1.165) is 15.8 Å². The molecule has 1 amide bonds. The summed E-state index contributed by atoms with van der Waals surface area (Å²) in [6, 6.07) is 8.89. The highest BCUT2D eigenvalue weighted by atomic mass is 19.3. The van der Waals surface area contributed by atoms with Gasteiger partial charge in [-0.25, -0.2) is 8.78 Å². The van der Waals surface area contributed by atoms with Crippen LogP contribution in [0.5, 0.6) is 0 Å². The molecule has 19 heavy (non-hydrogen) atoms. The molecule has 4 nitrogen and oxygen atoms in total. The predicted octanol–water partition coefficient (Wildman–Crippen LogP) is 1.87. The third kappa shape index (κ3) is 3.08. The van der Waals surface area contributed by atoms with Gasteiger partial charge in [0, 0.05) is 17.4 Å². The molecule has 0 bridgehead atoms. The fraction of sp³-hybridized carbons (Fsp3) is 0.308. The lowest BCUT2D eigenvalue weighted by Crippen LogP contribution is -2.37. The summed E-state index contributed by atoms with van der Waals surface area (Å²) in [5, 5.41) is 9.68. The van der Waals surface area contributed by atoms with Crippen molar-refractivity contribution >= 4 is 16.8 Å². The van der Waals surface area contributed by atoms with E-state index in [9.17, 15) is 13.6 Å². The van der Waals surface area contributed by atoms with E-state index >= 15 is 0 Å². The van der Waals surface area contributed by atoms with Crippen LogP contribution >= 0.6 is 0 Å². The number of nitrogens with zero attached hydrogens (tertiary/aromatic N) is 1. The standard InChI is InChI=1S/C13H14F2N2O2/c14-12(15)8-17(5-6-18)13(19)11-7-9-3-1-2-4-10(9)16-11/h1-4,7,12,16,18H,5-6,8H2. The number of rotatable bonds is 5. The molecule has 102 valence electrons. The van der Waals surface area contributed by atoms with Gasteiger partial charge in [0.2, 0.25) is 0 Å². The van der Waals surface area contributed by atoms with Crippen LogP contribution in [0, 0.1) is 0 Å². The monoisotopic (exact) mass is 268 g/mol. The first-order valence-corrected chi connectivity index (χ1v) is 5.88. The van der Waals surface area contributed by atoms with Crippen LogP contribution in [0.1, 0.15) is 10.5 Å². The zero-order chi connectivity index (χ0) is 13.8. The number of aromatic nitrogens is 1. The Morgan fingerprint density at radius 3 is 2.74 bits per heavy atom. The van der Waals surface area contributed by atoms with Gasteiger partial charge in [0.25, 0.3) is 12.3 Å². The molecule has 2 N–H and O–H groups in total. The summed E-state index contributed by atoms with van der Waals surface area (Å²) in [5.74, 6) is -0.537. The fourth-order valence-electron chi connectivity index (χ4n) is 1.92. The van der Waals surface area contributed by atoms with Gasteiger partial charge < -0.3 is 15.0 Å². The topological polar surface area (TPSA) is 56.3 Å². The maximum absolute atomic E-state index is 12.4. The van der Waals surface area contributed by atoms with Crippen LogP contribution in [0.25, 0.3) is 10.9 Å². The molecule has 0 saturated heterocycles. The van der Waals surface area contributed by atoms with Gasteiger partial charge in [-0.2, -0.15) is 0 Å². The van der Waals surface area contributed by atoms with Crippen LogP contribution in [-0.2, 0) is 0 Å². The summed E-state index contributed by atoms with van der Waals surface area (Å²) in [4.78, 5) is 15.9. The lowest BCUT2D eigenvalue weighted by Gasteiger charge is -2.20. The number of alkyl halides is 2. The van der Waals surface area contributed by atoms with Gasteiger partial charge in [0.1, 0.15) is 5.69 Å². The fourth-order valence-corrected chi connectivity index (χ4v) is 1.92. The van der Waals surface area contributed by atoms with Crippen molar-refractivity contribution in [3.63, 3.8) is 0 Å². The van der Waals surface area contributed by atoms with E-state index in [0.29, 0.717) is 0 Å². The van der Waals surface area contributed by atoms with Gasteiger partial charge >= 0.3 is 0 Å². The Kier molecular flexibility index (Phi) is 4.11. The number of benzene rings is 1. The van der Waals surface area contributed by atoms with Gasteiger partial charge in [0.15, 0.2) is 0 Å². The molecule has 6 heteroatoms. The molecule has 0 saturated carbocycles. The molecule has 0 aliphatic heterocycles. The minimum Gasteiger partial charge on any atom is -0.395 e. The number of halogens is 2. The third-order valence-electron chi connectivity index (χ3n) is 2.78. The summed E-state index contributed by atoms with van der Waals surface area (Å²) < 4.78 is 24.8. The number of hydrogen-bond donors (Lipinski definition) is 2. The van der Waals surface area contributed by atoms with Gasteiger partial charge in [-0.15, -0.1) is 0 Å². The molecular formula is C13H14F2N2O2. The maximum Gasteiger partial charge on any atom is 0.270 e. The summed E-state index contributed by atoms with van der Waals surface area (Å²) in [6.45, 7) is -1.15. The molecule has 1 aromatic carbocycles. The lowest BCUT2D eigenvalue weighted by atomic mass is 10.2. The summed E-state index contributed by atoms with van der Waals surface area (Å²) >= 11 is 0. The maximum atomic E-state index is 12.4. The van der Waals surface area contributed by atoms with E-state index in [-0.39, 0.29) is 18.8 Å². The van der Waals surface area contributed by atoms with Crippen molar-refractivity contribution in [3.05, 3.63) is 36.0 Å². The minimum absolute atomic E-state index is 0.113. The van der Waals surface area contributed by atoms with Crippen molar-refractivity contribution in [1.29, 1.82) is 0 Å². The molecule has 1 heterocycles. The number of amides is 1. The Morgan fingerprint density at radius 1 is 1.37 bits per heavy atom. The largest absolute Gasteiger partial charge is 0.395 e. The second kappa shape index (κ2) is 5.79. The van der Waals surface area contributed by atoms with Crippen LogP contribution in [0.15, 0.2) is 30.3 Å². The molecule has 0 aliphatic carbocycles. The van der Waals surface area contributed by atoms with Crippen molar-refractivity contribution in [2.75, 3.05) is 19.7 Å². The van der Waals surface area contributed by atoms with Crippen LogP contribution in [-0.4, -0.2) is 47.0 Å². The molecule has 0 unspecified atom stereocenters. The first-order chi connectivity index (χ1) is 9.11. The predicted molar refractivity (Wildman–Crippen MR) is 67.3 cm³/mol. The summed E-state index contributed by atoms with van der Waals surface area (Å²) in [6.07, 6.45) is -2.63. The molecule has 2 aromatic rings. The van der Waals surface area contributed by atoms with Gasteiger partial charge in [-0.05, 0) is 12.1 Å². The van der Waals surface area contributed by atoms with E-state index < -0.39 is 18.9 Å². The number of carbonyl (C=O) groups excluding carboxylic acids is 1. The number of para-hydroxylation sites is 1. The average Bonchev–Trinajstić information content (AvgIpc) is 2.80. The van der Waals surface area contributed by atoms with E-state index in [1.807, 2.05) is 18.2 Å². The quantitative estimate of drug-likeness (QED) is 0.869. The van der Waals surface area contributed by atoms with Crippen molar-refractivity contribution in [1.82, 2.24) is 9.88 Å². The number of hydrogen-bond acceptors (Lipinski definition) is 2. The molecule has 0 atom stereocenters. The normalized spacial score (nSPS) is 11.2. The van der Waals surface area contributed by atoms with E-state index in [4.69, 9.17) is 5.11 Å². The average molecular weight is 268 g/mol. The molecule has 1 aromatic heterocycles. The molecule has 0 fully saturated rings. The highest BCUT2D eigenvalue weighted by Gasteiger charge is 2.20. The minimum atomic E-state index is -2.63. The summed E-state index contributed by atoms with van der Waals surface area (Å²) in [5.41, 5.74) is 1.02. The van der Waals surface area contributed by atoms with E-state index in [2.05, 4.69) is 4.98 Å². The second-order valence-electron chi connectivity index (χ2n) is 4.14. The van der Waals surface area contributed by atoms with Crippen molar-refractivity contribution < 1.29 is 18.7 Å². The van der Waals surface area contributed by atoms with E-state index in [1.54, 1.807) is 12.1 Å². The van der Waals surface area contributed by atoms with Crippen LogP contribution in [0.3, 0.4) is 0 Å². The number of H-pyrrole nitrogens is 1. The summed E-state index contributed by atoms with van der Waals surface area (Å²) in [7, 11) is 0. The first kappa shape index (κ1) is 13.5. The van der Waals surface area contributed by atoms with E-state index in [1.165, 1.54) is 0 Å². The SMILES string of the molecule is O=C(c1cc2ccccc2[nH]1)N(CCO)CC(F)F. The smallest absolute Gasteiger partial charge is 0.270 e. The third-order valence-corrected chi connectivity index (χ3v) is 2.78. The van der Waals surface area contributed by atoms with Crippen LogP contribution in [0.4, 0.5) is 8.78 Å². The van der Waals surface area contributed by atoms with Gasteiger partial charge in [-0.1, -0.05) is 18.2 Å². The number of aromatic amines is 1. The lowest BCUT2D eigenvalue weighted by molar-refractivity contribution is 0.0505. The molecular weight excluding hydrogens is 254 g/mol. The Hall–Kier alpha value is -1.95. The van der Waals surface area contributed by atoms with Gasteiger partial charge in [-0.3, -0.25) is 4.79 Å². The number of nitrogens with one attached hydrogen (secondary N) is 1. The molecule has 0 spiro atoms. The first-order valence-electron chi connectivity index (χ1n) is 5.88. The Morgan fingerprint density at radius 2 is 2.11 bits per heavy atom. The Labute approximate surface area is 108 Å². The highest BCUT2D eigenvalue weighted by Crippen LogP contribution is 2.16. The Bertz CT molecular complexity index is 536. The van der Waals surface area contributed by atoms with Crippen molar-refractivity contribution in [2.24, 2.45) is 0 Å². The number of aliphatic hydroxyl groups is 1. The number of carbonyl (C=O) groups is 1. The van der Waals surface area contributed by atoms with Crippen molar-refractivity contribution in [2.45, 2.75) is 6.43 Å². The van der Waals surface area contributed by atoms with Crippen LogP contribution < -0.4 is 0 Å². The molecule has 0 aliphatic rings. The Balaban J connectivity index is 2.24. The van der Waals surface area contributed by atoms with Crippen molar-refractivity contribution in [3.8, 4) is 0 Å². The highest BCUT2D eigenvalue weighted by molar-refractivity contribution is 5.98. The number of fused-ring (bicyclic) bond motifs is 1. The second-order valence-corrected chi connectivity index (χ2v) is 4.14. The number of aliphatic hydroxyl groups excluding tert-OH is 1. The van der Waals surface area contributed by atoms with Crippen LogP contribution in [0.2, 0.25) is 0 Å².